The molecule has 2 aromatic carbocycles. The fraction of sp³-hybridized carbons (Fsp3) is 0.393. The highest BCUT2D eigenvalue weighted by atomic mass is 32.2. The Hall–Kier alpha value is -3.50. The molecule has 1 aromatic heterocycles. The summed E-state index contributed by atoms with van der Waals surface area (Å²) in [6.07, 6.45) is 1.30. The monoisotopic (exact) mass is 538 g/mol. The zero-order chi connectivity index (χ0) is 27.4. The number of benzene rings is 2. The van der Waals surface area contributed by atoms with Gasteiger partial charge in [0, 0.05) is 17.2 Å². The third-order valence-corrected chi connectivity index (χ3v) is 7.52. The van der Waals surface area contributed by atoms with E-state index in [1.165, 1.54) is 23.3 Å². The third-order valence-electron chi connectivity index (χ3n) is 6.19. The Kier molecular flexibility index (Phi) is 8.32. The number of hydrogen-bond acceptors (Lipinski definition) is 7. The Balaban J connectivity index is 1.89. The molecular weight excluding hydrogens is 504 g/mol. The summed E-state index contributed by atoms with van der Waals surface area (Å²) in [5.41, 5.74) is 3.56. The van der Waals surface area contributed by atoms with Gasteiger partial charge in [0.1, 0.15) is 6.61 Å². The molecule has 0 saturated heterocycles. The molecule has 0 fully saturated rings. The maximum Gasteiger partial charge on any atom is 0.277 e. The lowest BCUT2D eigenvalue weighted by molar-refractivity contribution is -0.158. The van der Waals surface area contributed by atoms with Crippen molar-refractivity contribution >= 4 is 21.9 Å². The largest absolute Gasteiger partial charge is 0.475 e. The van der Waals surface area contributed by atoms with E-state index in [1.807, 2.05) is 39.0 Å². The minimum atomic E-state index is -4.11. The van der Waals surface area contributed by atoms with Gasteiger partial charge in [-0.15, -0.1) is 0 Å². The summed E-state index contributed by atoms with van der Waals surface area (Å²) in [5, 5.41) is 1.33. The molecule has 0 aliphatic carbocycles. The van der Waals surface area contributed by atoms with Crippen LogP contribution in [0.25, 0.3) is 11.3 Å². The van der Waals surface area contributed by atoms with Crippen molar-refractivity contribution < 1.29 is 22.8 Å². The lowest BCUT2D eigenvalue weighted by Gasteiger charge is -2.31. The number of aryl methyl sites for hydroxylation is 2. The second kappa shape index (κ2) is 11.5. The predicted octanol–water partition coefficient (Wildman–Crippen LogP) is 5.15. The topological polar surface area (TPSA) is 111 Å². The van der Waals surface area contributed by atoms with Gasteiger partial charge >= 0.3 is 0 Å². The molecule has 1 aliphatic heterocycles. The quantitative estimate of drug-likeness (QED) is 0.462. The first-order valence-corrected chi connectivity index (χ1v) is 14.2. The first-order chi connectivity index (χ1) is 18.1. The Bertz CT molecular complexity index is 1400. The van der Waals surface area contributed by atoms with Crippen LogP contribution >= 0.6 is 0 Å². The normalized spacial score (nSPS) is 17.2. The van der Waals surface area contributed by atoms with Crippen molar-refractivity contribution in [1.82, 2.24) is 15.0 Å². The van der Waals surface area contributed by atoms with E-state index in [0.717, 1.165) is 16.7 Å². The number of sulfonamides is 1. The standard InChI is InChI=1S/C28H34N4O5S/c1-6-13-37-32-22(14-18(2)3)17-36-25-16-24(26-19(4)9-7-10-20(26)5)29-28(30-25)31-38(34,35)23-12-8-11-21(15-23)27(32)33/h7-12,15-16,18,22H,6,13-14,17H2,1-5H3,(H,29,30,31)/t22-/m1/s1. The van der Waals surface area contributed by atoms with E-state index in [2.05, 4.69) is 28.5 Å². The SMILES string of the molecule is CCCON1C(=O)c2cccc(c2)S(=O)(=O)Nc2nc(cc(-c3c(C)cccc3C)n2)OC[C@H]1CC(C)C. The molecule has 1 N–H and O–H groups in total. The van der Waals surface area contributed by atoms with E-state index in [-0.39, 0.29) is 34.8 Å². The molecule has 1 amide bonds. The van der Waals surface area contributed by atoms with Gasteiger partial charge in [0.25, 0.3) is 15.9 Å². The van der Waals surface area contributed by atoms with Crippen LogP contribution < -0.4 is 9.46 Å². The molecule has 4 rings (SSSR count). The van der Waals surface area contributed by atoms with Crippen molar-refractivity contribution in [2.75, 3.05) is 17.9 Å². The molecule has 0 unspecified atom stereocenters. The average Bonchev–Trinajstić information content (AvgIpc) is 2.86. The number of aromatic nitrogens is 2. The number of nitrogens with zero attached hydrogens (tertiary/aromatic N) is 3. The Labute approximate surface area is 224 Å². The van der Waals surface area contributed by atoms with Crippen LogP contribution in [0.15, 0.2) is 53.4 Å². The van der Waals surface area contributed by atoms with E-state index in [9.17, 15) is 13.2 Å². The van der Waals surface area contributed by atoms with Gasteiger partial charge in [0.2, 0.25) is 11.8 Å². The molecule has 0 spiro atoms. The second-order valence-electron chi connectivity index (χ2n) is 9.87. The van der Waals surface area contributed by atoms with Crippen LogP contribution in [0.3, 0.4) is 0 Å². The third kappa shape index (κ3) is 6.14. The molecule has 2 heterocycles. The first kappa shape index (κ1) is 27.5. The van der Waals surface area contributed by atoms with Crippen molar-refractivity contribution in [1.29, 1.82) is 0 Å². The molecular formula is C28H34N4O5S. The number of carbonyl (C=O) groups excluding carboxylic acids is 1. The van der Waals surface area contributed by atoms with Gasteiger partial charge in [-0.25, -0.2) is 23.2 Å². The fourth-order valence-electron chi connectivity index (χ4n) is 4.47. The van der Waals surface area contributed by atoms with E-state index < -0.39 is 22.0 Å². The van der Waals surface area contributed by atoms with Crippen LogP contribution in [-0.2, 0) is 14.9 Å². The molecule has 4 bridgehead atoms. The summed E-state index contributed by atoms with van der Waals surface area (Å²) in [6.45, 7) is 10.4. The van der Waals surface area contributed by atoms with Gasteiger partial charge in [-0.2, -0.15) is 4.98 Å². The fourth-order valence-corrected chi connectivity index (χ4v) is 5.46. The van der Waals surface area contributed by atoms with Gasteiger partial charge in [0.05, 0.1) is 23.2 Å². The highest BCUT2D eigenvalue weighted by Crippen LogP contribution is 2.30. The smallest absolute Gasteiger partial charge is 0.277 e. The van der Waals surface area contributed by atoms with Crippen LogP contribution in [0, 0.1) is 19.8 Å². The van der Waals surface area contributed by atoms with Crippen molar-refractivity contribution in [3.8, 4) is 17.1 Å². The maximum absolute atomic E-state index is 13.6. The van der Waals surface area contributed by atoms with Crippen LogP contribution in [0.2, 0.25) is 0 Å². The summed E-state index contributed by atoms with van der Waals surface area (Å²) < 4.78 is 35.3. The number of fused-ring (bicyclic) bond motifs is 4. The Morgan fingerprint density at radius 1 is 1.11 bits per heavy atom. The average molecular weight is 539 g/mol. The highest BCUT2D eigenvalue weighted by Gasteiger charge is 2.30. The molecule has 1 aliphatic rings. The molecule has 202 valence electrons. The Morgan fingerprint density at radius 2 is 1.82 bits per heavy atom. The van der Waals surface area contributed by atoms with Gasteiger partial charge in [0.15, 0.2) is 0 Å². The number of hydroxylamine groups is 2. The summed E-state index contributed by atoms with van der Waals surface area (Å²) in [5.74, 6) is -0.120. The van der Waals surface area contributed by atoms with Crippen LogP contribution in [0.1, 0.15) is 55.1 Å². The zero-order valence-corrected chi connectivity index (χ0v) is 23.2. The van der Waals surface area contributed by atoms with E-state index in [4.69, 9.17) is 9.57 Å². The van der Waals surface area contributed by atoms with E-state index in [0.29, 0.717) is 25.1 Å². The summed E-state index contributed by atoms with van der Waals surface area (Å²) in [6, 6.07) is 13.0. The number of ether oxygens (including phenoxy) is 1. The molecule has 0 saturated carbocycles. The summed E-state index contributed by atoms with van der Waals surface area (Å²) >= 11 is 0. The number of rotatable bonds is 6. The molecule has 1 atom stereocenters. The molecule has 10 heteroatoms. The summed E-state index contributed by atoms with van der Waals surface area (Å²) in [7, 11) is -4.11. The number of nitrogens with one attached hydrogen (secondary N) is 1. The number of carbonyl (C=O) groups is 1. The maximum atomic E-state index is 13.6. The number of amides is 1. The zero-order valence-electron chi connectivity index (χ0n) is 22.4. The highest BCUT2D eigenvalue weighted by molar-refractivity contribution is 7.92. The van der Waals surface area contributed by atoms with Crippen molar-refractivity contribution in [2.45, 2.75) is 58.4 Å². The molecule has 38 heavy (non-hydrogen) atoms. The number of anilines is 1. The first-order valence-electron chi connectivity index (χ1n) is 12.8. The Morgan fingerprint density at radius 3 is 2.50 bits per heavy atom. The lowest BCUT2D eigenvalue weighted by atomic mass is 10.00. The van der Waals surface area contributed by atoms with Gasteiger partial charge < -0.3 is 4.74 Å². The van der Waals surface area contributed by atoms with E-state index in [1.54, 1.807) is 12.1 Å². The second-order valence-corrected chi connectivity index (χ2v) is 11.6. The molecule has 9 nitrogen and oxygen atoms in total. The number of hydrogen-bond donors (Lipinski definition) is 1. The van der Waals surface area contributed by atoms with E-state index >= 15 is 0 Å². The molecule has 3 aromatic rings. The van der Waals surface area contributed by atoms with Crippen molar-refractivity contribution in [3.63, 3.8) is 0 Å². The van der Waals surface area contributed by atoms with Crippen LogP contribution in [-0.4, -0.2) is 48.6 Å². The van der Waals surface area contributed by atoms with Crippen LogP contribution in [0.5, 0.6) is 5.88 Å². The van der Waals surface area contributed by atoms with Gasteiger partial charge in [-0.3, -0.25) is 9.63 Å². The lowest BCUT2D eigenvalue weighted by Crippen LogP contribution is -2.44. The van der Waals surface area contributed by atoms with Crippen molar-refractivity contribution in [2.24, 2.45) is 5.92 Å². The summed E-state index contributed by atoms with van der Waals surface area (Å²) in [4.78, 5) is 28.4. The predicted molar refractivity (Wildman–Crippen MR) is 145 cm³/mol. The van der Waals surface area contributed by atoms with Crippen LogP contribution in [0.4, 0.5) is 5.95 Å². The van der Waals surface area contributed by atoms with Crippen molar-refractivity contribution in [3.05, 3.63) is 65.2 Å². The van der Waals surface area contributed by atoms with Gasteiger partial charge in [-0.05, 0) is 61.9 Å². The molecule has 0 radical (unpaired) electrons. The minimum absolute atomic E-state index is 0.0815. The minimum Gasteiger partial charge on any atom is -0.475 e. The van der Waals surface area contributed by atoms with Gasteiger partial charge in [-0.1, -0.05) is 45.0 Å².